The summed E-state index contributed by atoms with van der Waals surface area (Å²) in [4.78, 5) is 0. The zero-order valence-corrected chi connectivity index (χ0v) is 16.1. The van der Waals surface area contributed by atoms with Gasteiger partial charge in [-0.25, -0.2) is 0 Å². The van der Waals surface area contributed by atoms with Crippen LogP contribution in [-0.4, -0.2) is 22.6 Å². The average molecular weight is 411 g/mol. The quantitative estimate of drug-likeness (QED) is 0.543. The lowest BCUT2D eigenvalue weighted by molar-refractivity contribution is -0.211. The predicted octanol–water partition coefficient (Wildman–Crippen LogP) is 6.04. The van der Waals surface area contributed by atoms with Gasteiger partial charge in [-0.1, -0.05) is 38.4 Å². The van der Waals surface area contributed by atoms with Crippen LogP contribution in [-0.2, 0) is 19.9 Å². The van der Waals surface area contributed by atoms with Crippen molar-refractivity contribution in [3.05, 3.63) is 34.5 Å². The zero-order chi connectivity index (χ0) is 20.6. The zero-order valence-electron chi connectivity index (χ0n) is 15.3. The fraction of sp³-hybridized carbons (Fsp3) is 0.500. The Morgan fingerprint density at radius 1 is 1.22 bits per heavy atom. The highest BCUT2D eigenvalue weighted by Gasteiger charge is 2.47. The summed E-state index contributed by atoms with van der Waals surface area (Å²) in [6.07, 6.45) is -4.28. The molecular formula is C18H20ClF5N2O. The Hall–Kier alpha value is -1.83. The highest BCUT2D eigenvalue weighted by Crippen LogP contribution is 2.42. The highest BCUT2D eigenvalue weighted by atomic mass is 35.5. The van der Waals surface area contributed by atoms with Gasteiger partial charge in [0.25, 0.3) is 0 Å². The molecule has 150 valence electrons. The average Bonchev–Trinajstić information content (AvgIpc) is 2.80. The van der Waals surface area contributed by atoms with E-state index in [1.165, 1.54) is 22.9 Å². The van der Waals surface area contributed by atoms with Gasteiger partial charge in [0.2, 0.25) is 0 Å². The Balaban J connectivity index is 2.53. The first kappa shape index (κ1) is 21.5. The van der Waals surface area contributed by atoms with Crippen LogP contribution >= 0.6 is 11.6 Å². The Kier molecular flexibility index (Phi) is 6.09. The monoisotopic (exact) mass is 410 g/mol. The summed E-state index contributed by atoms with van der Waals surface area (Å²) in [6, 6.07) is 4.09. The molecule has 27 heavy (non-hydrogen) atoms. The van der Waals surface area contributed by atoms with Crippen molar-refractivity contribution in [1.29, 1.82) is 0 Å². The number of aromatic nitrogens is 2. The minimum atomic E-state index is -4.43. The topological polar surface area (TPSA) is 27.1 Å². The number of hydrogen-bond donors (Lipinski definition) is 0. The lowest BCUT2D eigenvalue weighted by Gasteiger charge is -2.28. The molecule has 0 aliphatic heterocycles. The number of alkyl halides is 5. The molecule has 2 rings (SSSR count). The second-order valence-corrected chi connectivity index (χ2v) is 7.23. The normalized spacial score (nSPS) is 12.7. The fourth-order valence-electron chi connectivity index (χ4n) is 2.75. The lowest BCUT2D eigenvalue weighted by atomic mass is 9.84. The molecule has 0 saturated heterocycles. The van der Waals surface area contributed by atoms with Gasteiger partial charge in [-0.2, -0.15) is 27.1 Å². The molecule has 0 bridgehead atoms. The molecule has 2 aromatic rings. The summed E-state index contributed by atoms with van der Waals surface area (Å²) in [5.41, 5.74) is -0.601. The lowest BCUT2D eigenvalue weighted by Crippen LogP contribution is -2.34. The third-order valence-corrected chi connectivity index (χ3v) is 4.72. The number of rotatable bonds is 6. The maximum absolute atomic E-state index is 13.1. The van der Waals surface area contributed by atoms with Gasteiger partial charge in [-0.15, -0.1) is 0 Å². The van der Waals surface area contributed by atoms with E-state index in [1.54, 1.807) is 7.05 Å². The number of halogens is 6. The summed E-state index contributed by atoms with van der Waals surface area (Å²) < 4.78 is 71.2. The van der Waals surface area contributed by atoms with Crippen LogP contribution in [0.2, 0.25) is 5.02 Å². The Morgan fingerprint density at radius 3 is 2.33 bits per heavy atom. The fourth-order valence-corrected chi connectivity index (χ4v) is 3.14. The van der Waals surface area contributed by atoms with Crippen LogP contribution in [0, 0.1) is 5.41 Å². The maximum atomic E-state index is 13.1. The molecule has 0 aliphatic rings. The van der Waals surface area contributed by atoms with Crippen LogP contribution in [0.1, 0.15) is 32.0 Å². The molecule has 3 nitrogen and oxygen atoms in total. The van der Waals surface area contributed by atoms with Crippen molar-refractivity contribution in [1.82, 2.24) is 9.78 Å². The van der Waals surface area contributed by atoms with E-state index in [4.69, 9.17) is 11.6 Å². The van der Waals surface area contributed by atoms with Crippen LogP contribution in [0.5, 0.6) is 5.75 Å². The molecule has 0 amide bonds. The van der Waals surface area contributed by atoms with Crippen LogP contribution in [0.15, 0.2) is 18.2 Å². The van der Waals surface area contributed by atoms with Crippen molar-refractivity contribution in [3.8, 4) is 17.0 Å². The van der Waals surface area contributed by atoms with Crippen LogP contribution < -0.4 is 4.74 Å². The van der Waals surface area contributed by atoms with Gasteiger partial charge in [0.1, 0.15) is 5.75 Å². The molecule has 0 atom stereocenters. The van der Waals surface area contributed by atoms with Crippen molar-refractivity contribution in [3.63, 3.8) is 0 Å². The summed E-state index contributed by atoms with van der Waals surface area (Å²) >= 11 is 6.30. The van der Waals surface area contributed by atoms with E-state index in [2.05, 4.69) is 9.84 Å². The van der Waals surface area contributed by atoms with E-state index in [9.17, 15) is 22.0 Å². The van der Waals surface area contributed by atoms with E-state index in [-0.39, 0.29) is 23.3 Å². The number of ether oxygens (including phenoxy) is 1. The number of nitrogens with zero attached hydrogens (tertiary/aromatic N) is 2. The smallest absolute Gasteiger partial charge is 0.394 e. The van der Waals surface area contributed by atoms with Gasteiger partial charge in [0.15, 0.2) is 0 Å². The van der Waals surface area contributed by atoms with Crippen molar-refractivity contribution >= 4 is 11.6 Å². The van der Waals surface area contributed by atoms with Crippen LogP contribution in [0.25, 0.3) is 11.3 Å². The molecule has 0 spiro atoms. The van der Waals surface area contributed by atoms with Crippen molar-refractivity contribution < 1.29 is 26.7 Å². The maximum Gasteiger partial charge on any atom is 0.394 e. The molecule has 0 fully saturated rings. The van der Waals surface area contributed by atoms with Crippen molar-refractivity contribution in [2.45, 2.75) is 46.4 Å². The number of hydrogen-bond acceptors (Lipinski definition) is 2. The van der Waals surface area contributed by atoms with E-state index in [0.717, 1.165) is 13.8 Å². The van der Waals surface area contributed by atoms with Gasteiger partial charge in [-0.05, 0) is 30.5 Å². The van der Waals surface area contributed by atoms with E-state index < -0.39 is 18.2 Å². The predicted molar refractivity (Wildman–Crippen MR) is 93.2 cm³/mol. The second-order valence-electron chi connectivity index (χ2n) is 6.85. The standard InChI is InChI=1S/C18H20ClF5N2O/c1-5-12-14(19)15(26(4)25-12)11-7-6-10(8-13(11)27-16(20)21)9-17(2,3)18(22,23)24/h6-8,16H,5,9H2,1-4H3. The first-order valence-electron chi connectivity index (χ1n) is 8.23. The number of aryl methyl sites for hydroxylation is 2. The molecule has 0 N–H and O–H groups in total. The van der Waals surface area contributed by atoms with Gasteiger partial charge in [-0.3, -0.25) is 4.68 Å². The Morgan fingerprint density at radius 2 is 1.85 bits per heavy atom. The molecule has 0 aliphatic carbocycles. The molecule has 9 heteroatoms. The molecule has 0 saturated carbocycles. The van der Waals surface area contributed by atoms with Gasteiger partial charge in [0.05, 0.1) is 21.8 Å². The van der Waals surface area contributed by atoms with Crippen molar-refractivity contribution in [2.75, 3.05) is 0 Å². The van der Waals surface area contributed by atoms with E-state index >= 15 is 0 Å². The minimum absolute atomic E-state index is 0.228. The largest absolute Gasteiger partial charge is 0.434 e. The molecule has 0 unspecified atom stereocenters. The summed E-state index contributed by atoms with van der Waals surface area (Å²) in [5.74, 6) is -0.243. The van der Waals surface area contributed by atoms with Gasteiger partial charge in [0, 0.05) is 12.6 Å². The summed E-state index contributed by atoms with van der Waals surface area (Å²) in [5, 5.41) is 4.53. The van der Waals surface area contributed by atoms with Crippen LogP contribution in [0.4, 0.5) is 22.0 Å². The molecular weight excluding hydrogens is 391 g/mol. The number of benzene rings is 1. The third kappa shape index (κ3) is 4.54. The van der Waals surface area contributed by atoms with E-state index in [0.29, 0.717) is 22.8 Å². The minimum Gasteiger partial charge on any atom is -0.434 e. The van der Waals surface area contributed by atoms with Gasteiger partial charge >= 0.3 is 12.8 Å². The first-order chi connectivity index (χ1) is 12.4. The van der Waals surface area contributed by atoms with Crippen LogP contribution in [0.3, 0.4) is 0 Å². The third-order valence-electron chi connectivity index (χ3n) is 4.32. The molecule has 1 aromatic heterocycles. The Labute approximate surface area is 159 Å². The van der Waals surface area contributed by atoms with Gasteiger partial charge < -0.3 is 4.74 Å². The first-order valence-corrected chi connectivity index (χ1v) is 8.61. The van der Waals surface area contributed by atoms with E-state index in [1.807, 2.05) is 6.92 Å². The summed E-state index contributed by atoms with van der Waals surface area (Å²) in [6.45, 7) is 0.823. The van der Waals surface area contributed by atoms with Crippen molar-refractivity contribution in [2.24, 2.45) is 12.5 Å². The Bertz CT molecular complexity index is 815. The molecule has 1 aromatic carbocycles. The SMILES string of the molecule is CCc1nn(C)c(-c2ccc(CC(C)(C)C(F)(F)F)cc2OC(F)F)c1Cl. The second kappa shape index (κ2) is 7.66. The molecule has 0 radical (unpaired) electrons. The molecule has 1 heterocycles. The summed E-state index contributed by atoms with van der Waals surface area (Å²) in [7, 11) is 1.60. The highest BCUT2D eigenvalue weighted by molar-refractivity contribution is 6.33.